The predicted octanol–water partition coefficient (Wildman–Crippen LogP) is 1.46. The van der Waals surface area contributed by atoms with E-state index in [1.54, 1.807) is 13.2 Å². The summed E-state index contributed by atoms with van der Waals surface area (Å²) in [6.07, 6.45) is 4.82. The number of hydrogen-bond donors (Lipinski definition) is 2. The van der Waals surface area contributed by atoms with Gasteiger partial charge in [0, 0.05) is 32.0 Å². The Morgan fingerprint density at radius 3 is 2.82 bits per heavy atom. The zero-order chi connectivity index (χ0) is 11.8. The van der Waals surface area contributed by atoms with Crippen LogP contribution in [0.4, 0.5) is 0 Å². The molecule has 0 saturated carbocycles. The first kappa shape index (κ1) is 16.2. The molecule has 0 saturated heterocycles. The highest BCUT2D eigenvalue weighted by Gasteiger charge is 2.01. The molecule has 5 nitrogen and oxygen atoms in total. The fraction of sp³-hybridized carbons (Fsp3) is 0.636. The number of hydrogen-bond acceptors (Lipinski definition) is 2. The van der Waals surface area contributed by atoms with Gasteiger partial charge in [-0.1, -0.05) is 6.92 Å². The van der Waals surface area contributed by atoms with Crippen molar-refractivity contribution in [1.82, 2.24) is 20.4 Å². The van der Waals surface area contributed by atoms with Crippen molar-refractivity contribution in [3.8, 4) is 0 Å². The van der Waals surface area contributed by atoms with Crippen LogP contribution >= 0.6 is 24.0 Å². The van der Waals surface area contributed by atoms with Crippen LogP contribution in [0, 0.1) is 0 Å². The third kappa shape index (κ3) is 6.50. The SMILES string of the molecule is CCC(C)NC(=NC)NCCn1cccn1.I. The van der Waals surface area contributed by atoms with Gasteiger partial charge in [0.05, 0.1) is 6.54 Å². The van der Waals surface area contributed by atoms with Gasteiger partial charge in [0.2, 0.25) is 0 Å². The number of nitrogens with one attached hydrogen (secondary N) is 2. The molecule has 1 atom stereocenters. The molecule has 0 fully saturated rings. The standard InChI is InChI=1S/C11H21N5.HI/c1-4-10(2)15-11(12-3)13-7-9-16-8-5-6-14-16;/h5-6,8,10H,4,7,9H2,1-3H3,(H2,12,13,15);1H. The summed E-state index contributed by atoms with van der Waals surface area (Å²) < 4.78 is 1.89. The molecule has 6 heteroatoms. The zero-order valence-corrected chi connectivity index (χ0v) is 13.0. The number of rotatable bonds is 5. The zero-order valence-electron chi connectivity index (χ0n) is 10.7. The summed E-state index contributed by atoms with van der Waals surface area (Å²) in [5, 5.41) is 10.7. The normalized spacial score (nSPS) is 12.8. The van der Waals surface area contributed by atoms with Crippen LogP contribution in [0.5, 0.6) is 0 Å². The van der Waals surface area contributed by atoms with Crippen molar-refractivity contribution in [3.63, 3.8) is 0 Å². The van der Waals surface area contributed by atoms with Crippen LogP contribution in [0.2, 0.25) is 0 Å². The Hall–Kier alpha value is -0.790. The van der Waals surface area contributed by atoms with Crippen molar-refractivity contribution in [2.75, 3.05) is 13.6 Å². The van der Waals surface area contributed by atoms with Gasteiger partial charge in [-0.2, -0.15) is 5.10 Å². The van der Waals surface area contributed by atoms with Gasteiger partial charge >= 0.3 is 0 Å². The molecule has 1 aromatic heterocycles. The quantitative estimate of drug-likeness (QED) is 0.480. The molecular formula is C11H22IN5. The summed E-state index contributed by atoms with van der Waals surface area (Å²) in [6, 6.07) is 2.36. The first-order valence-electron chi connectivity index (χ1n) is 5.71. The lowest BCUT2D eigenvalue weighted by Gasteiger charge is -2.16. The summed E-state index contributed by atoms with van der Waals surface area (Å²) in [7, 11) is 1.78. The highest BCUT2D eigenvalue weighted by molar-refractivity contribution is 14.0. The van der Waals surface area contributed by atoms with Crippen LogP contribution in [0.3, 0.4) is 0 Å². The van der Waals surface area contributed by atoms with Crippen molar-refractivity contribution in [1.29, 1.82) is 0 Å². The Bertz CT molecular complexity index is 310. The van der Waals surface area contributed by atoms with E-state index in [9.17, 15) is 0 Å². The molecule has 1 rings (SSSR count). The molecule has 0 spiro atoms. The van der Waals surface area contributed by atoms with E-state index >= 15 is 0 Å². The summed E-state index contributed by atoms with van der Waals surface area (Å²) in [5.74, 6) is 0.849. The number of aromatic nitrogens is 2. The highest BCUT2D eigenvalue weighted by atomic mass is 127. The fourth-order valence-corrected chi connectivity index (χ4v) is 1.25. The molecule has 0 aliphatic heterocycles. The maximum Gasteiger partial charge on any atom is 0.191 e. The largest absolute Gasteiger partial charge is 0.355 e. The van der Waals surface area contributed by atoms with Crippen molar-refractivity contribution in [3.05, 3.63) is 18.5 Å². The minimum Gasteiger partial charge on any atom is -0.355 e. The van der Waals surface area contributed by atoms with Gasteiger partial charge in [0.15, 0.2) is 5.96 Å². The van der Waals surface area contributed by atoms with Crippen molar-refractivity contribution in [2.45, 2.75) is 32.9 Å². The summed E-state index contributed by atoms with van der Waals surface area (Å²) in [4.78, 5) is 4.16. The molecule has 0 aliphatic rings. The molecule has 0 radical (unpaired) electrons. The van der Waals surface area contributed by atoms with Gasteiger partial charge in [-0.05, 0) is 19.4 Å². The fourth-order valence-electron chi connectivity index (χ4n) is 1.25. The second kappa shape index (κ2) is 9.26. The van der Waals surface area contributed by atoms with Gasteiger partial charge in [-0.15, -0.1) is 24.0 Å². The predicted molar refractivity (Wildman–Crippen MR) is 81.9 cm³/mol. The van der Waals surface area contributed by atoms with Gasteiger partial charge in [0.25, 0.3) is 0 Å². The minimum atomic E-state index is 0. The van der Waals surface area contributed by atoms with Gasteiger partial charge < -0.3 is 10.6 Å². The second-order valence-corrected chi connectivity index (χ2v) is 3.72. The Balaban J connectivity index is 0.00000256. The van der Waals surface area contributed by atoms with Crippen LogP contribution in [0.25, 0.3) is 0 Å². The molecule has 1 heterocycles. The maximum absolute atomic E-state index is 4.16. The minimum absolute atomic E-state index is 0. The Morgan fingerprint density at radius 2 is 2.29 bits per heavy atom. The molecule has 98 valence electrons. The van der Waals surface area contributed by atoms with Crippen molar-refractivity contribution < 1.29 is 0 Å². The van der Waals surface area contributed by atoms with E-state index < -0.39 is 0 Å². The number of halogens is 1. The van der Waals surface area contributed by atoms with Gasteiger partial charge in [0.1, 0.15) is 0 Å². The first-order valence-corrected chi connectivity index (χ1v) is 5.71. The lowest BCUT2D eigenvalue weighted by molar-refractivity contribution is 0.582. The van der Waals surface area contributed by atoms with Crippen LogP contribution in [-0.4, -0.2) is 35.4 Å². The molecule has 0 amide bonds. The Labute approximate surface area is 120 Å². The lowest BCUT2D eigenvalue weighted by atomic mass is 10.3. The molecule has 0 aliphatic carbocycles. The molecule has 17 heavy (non-hydrogen) atoms. The molecule has 1 aromatic rings. The van der Waals surface area contributed by atoms with E-state index in [1.165, 1.54) is 0 Å². The van der Waals surface area contributed by atoms with Crippen LogP contribution in [0.1, 0.15) is 20.3 Å². The van der Waals surface area contributed by atoms with Gasteiger partial charge in [-0.25, -0.2) is 0 Å². The Kier molecular flexibility index (Phi) is 8.83. The first-order chi connectivity index (χ1) is 7.76. The molecule has 2 N–H and O–H groups in total. The average molecular weight is 351 g/mol. The second-order valence-electron chi connectivity index (χ2n) is 3.72. The lowest BCUT2D eigenvalue weighted by Crippen LogP contribution is -2.43. The summed E-state index contributed by atoms with van der Waals surface area (Å²) in [5.41, 5.74) is 0. The van der Waals surface area contributed by atoms with Crippen molar-refractivity contribution in [2.24, 2.45) is 4.99 Å². The third-order valence-electron chi connectivity index (χ3n) is 2.41. The highest BCUT2D eigenvalue weighted by Crippen LogP contribution is 1.87. The summed E-state index contributed by atoms with van der Waals surface area (Å²) in [6.45, 7) is 5.95. The monoisotopic (exact) mass is 351 g/mol. The van der Waals surface area contributed by atoms with E-state index in [0.717, 1.165) is 25.5 Å². The van der Waals surface area contributed by atoms with E-state index in [4.69, 9.17) is 0 Å². The smallest absolute Gasteiger partial charge is 0.191 e. The Morgan fingerprint density at radius 1 is 1.53 bits per heavy atom. The number of nitrogens with zero attached hydrogens (tertiary/aromatic N) is 3. The van der Waals surface area contributed by atoms with E-state index in [1.807, 2.05) is 16.9 Å². The number of guanidine groups is 1. The molecule has 0 aromatic carbocycles. The topological polar surface area (TPSA) is 54.2 Å². The number of aliphatic imine (C=N–C) groups is 1. The van der Waals surface area contributed by atoms with Crippen LogP contribution in [0.15, 0.2) is 23.5 Å². The van der Waals surface area contributed by atoms with Gasteiger partial charge in [-0.3, -0.25) is 9.67 Å². The molecule has 0 bridgehead atoms. The van der Waals surface area contributed by atoms with Crippen molar-refractivity contribution >= 4 is 29.9 Å². The molecule has 1 unspecified atom stereocenters. The maximum atomic E-state index is 4.16. The van der Waals surface area contributed by atoms with E-state index in [-0.39, 0.29) is 24.0 Å². The molecular weight excluding hydrogens is 329 g/mol. The van der Waals surface area contributed by atoms with E-state index in [2.05, 4.69) is 34.6 Å². The van der Waals surface area contributed by atoms with E-state index in [0.29, 0.717) is 6.04 Å². The third-order valence-corrected chi connectivity index (χ3v) is 2.41. The van der Waals surface area contributed by atoms with Crippen LogP contribution in [-0.2, 0) is 6.54 Å². The average Bonchev–Trinajstić information content (AvgIpc) is 2.80. The summed E-state index contributed by atoms with van der Waals surface area (Å²) >= 11 is 0. The van der Waals surface area contributed by atoms with Crippen LogP contribution < -0.4 is 10.6 Å².